The predicted molar refractivity (Wildman–Crippen MR) is 104 cm³/mol. The minimum atomic E-state index is -4.21. The molecule has 28 heavy (non-hydrogen) atoms. The molecule has 0 aliphatic heterocycles. The van der Waals surface area contributed by atoms with Gasteiger partial charge in [-0.15, -0.1) is 0 Å². The van der Waals surface area contributed by atoms with Crippen molar-refractivity contribution in [3.05, 3.63) is 28.8 Å². The zero-order valence-electron chi connectivity index (χ0n) is 15.2. The number of hydrogen-bond acceptors (Lipinski definition) is 4. The van der Waals surface area contributed by atoms with Crippen LogP contribution in [0.3, 0.4) is 0 Å². The number of nitrogens with zero attached hydrogens (tertiary/aromatic N) is 1. The Morgan fingerprint density at radius 3 is 2.43 bits per heavy atom. The van der Waals surface area contributed by atoms with Crippen LogP contribution in [-0.2, 0) is 0 Å². The number of anilines is 1. The van der Waals surface area contributed by atoms with Crippen molar-refractivity contribution in [1.29, 1.82) is 5.26 Å². The number of halogens is 4. The first-order valence-corrected chi connectivity index (χ1v) is 10.5. The molecule has 2 bridgehead atoms. The van der Waals surface area contributed by atoms with Crippen molar-refractivity contribution >= 4 is 35.1 Å². The number of amides is 1. The largest absolute Gasteiger partial charge is 0.389 e. The van der Waals surface area contributed by atoms with Gasteiger partial charge in [-0.2, -0.15) is 18.4 Å². The van der Waals surface area contributed by atoms with E-state index in [1.807, 2.05) is 0 Å². The lowest BCUT2D eigenvalue weighted by Gasteiger charge is -2.50. The van der Waals surface area contributed by atoms with Gasteiger partial charge in [0.1, 0.15) is 0 Å². The van der Waals surface area contributed by atoms with Gasteiger partial charge in [0.15, 0.2) is 0 Å². The topological polar surface area (TPSA) is 64.9 Å². The summed E-state index contributed by atoms with van der Waals surface area (Å²) in [4.78, 5) is 12.9. The van der Waals surface area contributed by atoms with Gasteiger partial charge in [0, 0.05) is 16.3 Å². The van der Waals surface area contributed by atoms with Crippen LogP contribution in [0, 0.1) is 16.7 Å². The van der Waals surface area contributed by atoms with Crippen molar-refractivity contribution in [2.75, 3.05) is 10.5 Å². The van der Waals surface area contributed by atoms with Crippen molar-refractivity contribution in [2.45, 2.75) is 56.7 Å². The molecule has 0 unspecified atom stereocenters. The van der Waals surface area contributed by atoms with E-state index in [2.05, 4.69) is 16.1 Å². The summed E-state index contributed by atoms with van der Waals surface area (Å²) in [5.74, 6) is -0.458. The average Bonchev–Trinajstić information content (AvgIpc) is 2.66. The number of nitriles is 1. The van der Waals surface area contributed by atoms with Gasteiger partial charge in [0.05, 0.1) is 29.2 Å². The first-order valence-electron chi connectivity index (χ1n) is 9.14. The molecular formula is C19H21ClF3N3OS. The monoisotopic (exact) mass is 431 g/mol. The van der Waals surface area contributed by atoms with Gasteiger partial charge in [0.25, 0.3) is 5.91 Å². The van der Waals surface area contributed by atoms with Crippen LogP contribution in [0.1, 0.15) is 55.3 Å². The summed E-state index contributed by atoms with van der Waals surface area (Å²) in [6, 6.07) is 7.14. The molecule has 1 aromatic rings. The number of benzene rings is 1. The molecule has 0 heterocycles. The SMILES string of the molecule is N#CC12CCC(NC(=O)c3cc(Cl)ccc3NSCCC(F)(F)F)(CC1)CC2. The fourth-order valence-electron chi connectivity index (χ4n) is 3.94. The lowest BCUT2D eigenvalue weighted by atomic mass is 9.58. The summed E-state index contributed by atoms with van der Waals surface area (Å²) in [7, 11) is 0. The van der Waals surface area contributed by atoms with E-state index in [0.717, 1.165) is 50.5 Å². The summed E-state index contributed by atoms with van der Waals surface area (Å²) in [5, 5.41) is 12.9. The van der Waals surface area contributed by atoms with Crippen molar-refractivity contribution in [3.8, 4) is 6.07 Å². The molecule has 2 N–H and O–H groups in total. The summed E-state index contributed by atoms with van der Waals surface area (Å²) in [6.45, 7) is 0. The maximum atomic E-state index is 12.9. The minimum Gasteiger partial charge on any atom is -0.347 e. The molecule has 152 valence electrons. The quantitative estimate of drug-likeness (QED) is 0.448. The Balaban J connectivity index is 1.66. The number of nitrogens with one attached hydrogen (secondary N) is 2. The van der Waals surface area contributed by atoms with Gasteiger partial charge in [-0.3, -0.25) is 4.79 Å². The van der Waals surface area contributed by atoms with E-state index in [1.54, 1.807) is 12.1 Å². The Labute approximate surface area is 171 Å². The van der Waals surface area contributed by atoms with E-state index in [4.69, 9.17) is 11.6 Å². The fraction of sp³-hybridized carbons (Fsp3) is 0.579. The molecule has 4 rings (SSSR count). The first kappa shape index (κ1) is 21.1. The predicted octanol–water partition coefficient (Wildman–Crippen LogP) is 5.70. The third-order valence-electron chi connectivity index (χ3n) is 5.76. The third-order valence-corrected chi connectivity index (χ3v) is 6.77. The molecular weight excluding hydrogens is 411 g/mol. The Morgan fingerprint density at radius 1 is 1.21 bits per heavy atom. The molecule has 3 saturated carbocycles. The van der Waals surface area contributed by atoms with Gasteiger partial charge in [-0.1, -0.05) is 23.5 Å². The molecule has 9 heteroatoms. The van der Waals surface area contributed by atoms with E-state index < -0.39 is 12.6 Å². The van der Waals surface area contributed by atoms with Gasteiger partial charge in [-0.05, 0) is 56.7 Å². The summed E-state index contributed by atoms with van der Waals surface area (Å²) >= 11 is 6.94. The summed E-state index contributed by atoms with van der Waals surface area (Å²) < 4.78 is 39.7. The zero-order chi connectivity index (χ0) is 20.4. The number of alkyl halides is 3. The minimum absolute atomic E-state index is 0.159. The zero-order valence-corrected chi connectivity index (χ0v) is 16.7. The van der Waals surface area contributed by atoms with Gasteiger partial charge in [-0.25, -0.2) is 0 Å². The van der Waals surface area contributed by atoms with Gasteiger partial charge < -0.3 is 10.0 Å². The third kappa shape index (κ3) is 4.87. The Morgan fingerprint density at radius 2 is 1.86 bits per heavy atom. The highest BCUT2D eigenvalue weighted by Gasteiger charge is 2.49. The standard InChI is InChI=1S/C19H21ClF3N3OS/c20-13-1-2-15(26-28-10-9-19(21,22)23)14(11-13)16(27)25-18-6-3-17(12-24,4-7-18)5-8-18/h1-2,11,26H,3-10H2,(H,25,27). The van der Waals surface area contributed by atoms with Crippen molar-refractivity contribution in [3.63, 3.8) is 0 Å². The number of hydrogen-bond donors (Lipinski definition) is 2. The molecule has 0 saturated heterocycles. The molecule has 3 aliphatic carbocycles. The maximum absolute atomic E-state index is 12.9. The highest BCUT2D eigenvalue weighted by molar-refractivity contribution is 8.00. The second-order valence-corrected chi connectivity index (χ2v) is 8.97. The molecule has 0 radical (unpaired) electrons. The number of rotatable bonds is 6. The smallest absolute Gasteiger partial charge is 0.347 e. The molecule has 0 atom stereocenters. The Hall–Kier alpha value is -1.59. The van der Waals surface area contributed by atoms with Crippen LogP contribution < -0.4 is 10.0 Å². The molecule has 3 fully saturated rings. The lowest BCUT2D eigenvalue weighted by molar-refractivity contribution is -0.129. The normalized spacial score (nSPS) is 26.5. The van der Waals surface area contributed by atoms with Crippen molar-refractivity contribution < 1.29 is 18.0 Å². The highest BCUT2D eigenvalue weighted by Crippen LogP contribution is 2.52. The summed E-state index contributed by atoms with van der Waals surface area (Å²) in [6.07, 6.45) is -0.521. The number of fused-ring (bicyclic) bond motifs is 3. The number of carbonyl (C=O) groups excluding carboxylic acids is 1. The van der Waals surface area contributed by atoms with Crippen LogP contribution in [0.4, 0.5) is 18.9 Å². The Kier molecular flexibility index (Phi) is 6.06. The van der Waals surface area contributed by atoms with Crippen LogP contribution in [0.5, 0.6) is 0 Å². The molecule has 4 nitrogen and oxygen atoms in total. The molecule has 0 spiro atoms. The Bertz CT molecular complexity index is 769. The van der Waals surface area contributed by atoms with E-state index in [-0.39, 0.29) is 22.6 Å². The van der Waals surface area contributed by atoms with Crippen LogP contribution in [0.15, 0.2) is 18.2 Å². The van der Waals surface area contributed by atoms with Crippen LogP contribution in [0.25, 0.3) is 0 Å². The van der Waals surface area contributed by atoms with Crippen LogP contribution in [-0.4, -0.2) is 23.4 Å². The van der Waals surface area contributed by atoms with E-state index in [1.165, 1.54) is 6.07 Å². The maximum Gasteiger partial charge on any atom is 0.389 e. The van der Waals surface area contributed by atoms with Crippen LogP contribution in [0.2, 0.25) is 5.02 Å². The molecule has 1 amide bonds. The molecule has 0 aromatic heterocycles. The van der Waals surface area contributed by atoms with Crippen molar-refractivity contribution in [1.82, 2.24) is 5.32 Å². The fourth-order valence-corrected chi connectivity index (χ4v) is 4.88. The molecule has 3 aliphatic rings. The second-order valence-electron chi connectivity index (χ2n) is 7.63. The first-order chi connectivity index (χ1) is 13.2. The molecule has 1 aromatic carbocycles. The highest BCUT2D eigenvalue weighted by atomic mass is 35.5. The number of carbonyl (C=O) groups is 1. The van der Waals surface area contributed by atoms with E-state index in [0.29, 0.717) is 16.3 Å². The van der Waals surface area contributed by atoms with E-state index in [9.17, 15) is 23.2 Å². The lowest BCUT2D eigenvalue weighted by Crippen LogP contribution is -2.56. The van der Waals surface area contributed by atoms with E-state index >= 15 is 0 Å². The van der Waals surface area contributed by atoms with Gasteiger partial charge >= 0.3 is 6.18 Å². The van der Waals surface area contributed by atoms with Gasteiger partial charge in [0.2, 0.25) is 0 Å². The average molecular weight is 432 g/mol. The summed E-state index contributed by atoms with van der Waals surface area (Å²) in [5.41, 5.74) is 0.177. The van der Waals surface area contributed by atoms with Crippen LogP contribution >= 0.6 is 23.5 Å². The second kappa shape index (κ2) is 8.03. The van der Waals surface area contributed by atoms with Crippen molar-refractivity contribution in [2.24, 2.45) is 5.41 Å².